The molecule has 36 heavy (non-hydrogen) atoms. The molecule has 3 amide bonds. The topological polar surface area (TPSA) is 93.2 Å². The van der Waals surface area contributed by atoms with E-state index in [4.69, 9.17) is 21.1 Å². The van der Waals surface area contributed by atoms with Gasteiger partial charge in [0, 0.05) is 18.0 Å². The van der Waals surface area contributed by atoms with E-state index in [9.17, 15) is 19.2 Å². The summed E-state index contributed by atoms with van der Waals surface area (Å²) in [5, 5.41) is 0.449. The Bertz CT molecular complexity index is 1270. The van der Waals surface area contributed by atoms with Gasteiger partial charge in [0.1, 0.15) is 11.5 Å². The van der Waals surface area contributed by atoms with Gasteiger partial charge < -0.3 is 14.4 Å². The molecule has 8 nitrogen and oxygen atoms in total. The first-order chi connectivity index (χ1) is 17.3. The lowest BCUT2D eigenvalue weighted by molar-refractivity contribution is -0.139. The van der Waals surface area contributed by atoms with E-state index >= 15 is 0 Å². The second-order valence-corrected chi connectivity index (χ2v) is 9.74. The number of nitrogens with zero attached hydrogens (tertiary/aromatic N) is 2. The van der Waals surface area contributed by atoms with Crippen LogP contribution in [-0.4, -0.2) is 37.3 Å². The number of fused-ring (bicyclic) bond motifs is 1. The summed E-state index contributed by atoms with van der Waals surface area (Å²) in [4.78, 5) is 54.1. The van der Waals surface area contributed by atoms with Gasteiger partial charge in [-0.15, -0.1) is 0 Å². The predicted octanol–water partition coefficient (Wildman–Crippen LogP) is 4.01. The number of ether oxygens (including phenoxy) is 2. The van der Waals surface area contributed by atoms with Crippen molar-refractivity contribution >= 4 is 46.7 Å². The third-order valence-electron chi connectivity index (χ3n) is 7.08. The molecule has 0 N–H and O–H groups in total. The highest BCUT2D eigenvalue weighted by Crippen LogP contribution is 2.41. The Labute approximate surface area is 213 Å². The molecule has 0 spiro atoms. The van der Waals surface area contributed by atoms with Gasteiger partial charge in [0.15, 0.2) is 0 Å². The highest BCUT2D eigenvalue weighted by atomic mass is 35.5. The summed E-state index contributed by atoms with van der Waals surface area (Å²) < 4.78 is 10.9. The Morgan fingerprint density at radius 2 is 1.81 bits per heavy atom. The number of methoxy groups -OCH3 is 1. The van der Waals surface area contributed by atoms with E-state index in [0.29, 0.717) is 28.6 Å². The number of imide groups is 1. The van der Waals surface area contributed by atoms with Gasteiger partial charge in [-0.2, -0.15) is 0 Å². The summed E-state index contributed by atoms with van der Waals surface area (Å²) in [6.45, 7) is 2.08. The van der Waals surface area contributed by atoms with E-state index in [2.05, 4.69) is 0 Å². The molecule has 4 atom stereocenters. The Morgan fingerprint density at radius 3 is 2.50 bits per heavy atom. The van der Waals surface area contributed by atoms with Gasteiger partial charge in [-0.3, -0.25) is 24.1 Å². The van der Waals surface area contributed by atoms with Gasteiger partial charge in [0.25, 0.3) is 0 Å². The van der Waals surface area contributed by atoms with Gasteiger partial charge >= 0.3 is 5.97 Å². The zero-order valence-electron chi connectivity index (χ0n) is 19.8. The molecule has 2 aromatic rings. The fourth-order valence-electron chi connectivity index (χ4n) is 5.24. The van der Waals surface area contributed by atoms with Gasteiger partial charge in [-0.25, -0.2) is 0 Å². The van der Waals surface area contributed by atoms with Crippen LogP contribution < -0.4 is 19.3 Å². The summed E-state index contributed by atoms with van der Waals surface area (Å²) in [6.07, 6.45) is 4.50. The lowest BCUT2D eigenvalue weighted by Gasteiger charge is -2.22. The van der Waals surface area contributed by atoms with E-state index in [1.165, 1.54) is 16.9 Å². The molecule has 186 valence electrons. The Morgan fingerprint density at radius 1 is 1.06 bits per heavy atom. The lowest BCUT2D eigenvalue weighted by Crippen LogP contribution is -2.31. The number of rotatable bonds is 5. The molecule has 3 aliphatic rings. The standard InChI is InChI=1S/C27H25ClN2O6/c1-15-4-3-5-20-24(15)26(33)30(25(20)32)18-7-9-19(10-8-18)36-27(34)16-12-23(31)29(14-16)21-13-17(28)6-11-22(21)35-2/h3-4,6-11,13,15-16,20,24H,5,12,14H2,1-2H3/t15-,16-,20-,24+/m1/s1. The van der Waals surface area contributed by atoms with Crippen LogP contribution in [0.3, 0.4) is 0 Å². The van der Waals surface area contributed by atoms with Crippen LogP contribution in [0.15, 0.2) is 54.6 Å². The highest BCUT2D eigenvalue weighted by molar-refractivity contribution is 6.31. The van der Waals surface area contributed by atoms with Gasteiger partial charge in [0.2, 0.25) is 17.7 Å². The Balaban J connectivity index is 1.26. The minimum Gasteiger partial charge on any atom is -0.495 e. The molecule has 2 heterocycles. The molecule has 2 aliphatic heterocycles. The normalized spacial score (nSPS) is 25.4. The van der Waals surface area contributed by atoms with Crippen molar-refractivity contribution in [3.05, 3.63) is 59.6 Å². The number of anilines is 2. The van der Waals surface area contributed by atoms with Gasteiger partial charge in [-0.05, 0) is 54.8 Å². The molecular formula is C27H25ClN2O6. The van der Waals surface area contributed by atoms with Crippen molar-refractivity contribution in [3.63, 3.8) is 0 Å². The average molecular weight is 509 g/mol. The number of allylic oxidation sites excluding steroid dienone is 2. The maximum absolute atomic E-state index is 13.0. The quantitative estimate of drug-likeness (QED) is 0.262. The monoisotopic (exact) mass is 508 g/mol. The predicted molar refractivity (Wildman–Crippen MR) is 133 cm³/mol. The Hall–Kier alpha value is -3.65. The van der Waals surface area contributed by atoms with Crippen molar-refractivity contribution in [1.82, 2.24) is 0 Å². The number of hydrogen-bond donors (Lipinski definition) is 0. The second kappa shape index (κ2) is 9.43. The molecule has 5 rings (SSSR count). The smallest absolute Gasteiger partial charge is 0.316 e. The van der Waals surface area contributed by atoms with Crippen LogP contribution in [0.1, 0.15) is 19.8 Å². The maximum Gasteiger partial charge on any atom is 0.316 e. The number of esters is 1. The largest absolute Gasteiger partial charge is 0.495 e. The van der Waals surface area contributed by atoms with Crippen LogP contribution in [0, 0.1) is 23.7 Å². The third kappa shape index (κ3) is 4.15. The van der Waals surface area contributed by atoms with Crippen molar-refractivity contribution in [2.45, 2.75) is 19.8 Å². The van der Waals surface area contributed by atoms with Crippen LogP contribution in [0.4, 0.5) is 11.4 Å². The number of halogens is 1. The van der Waals surface area contributed by atoms with Crippen molar-refractivity contribution in [2.75, 3.05) is 23.5 Å². The van der Waals surface area contributed by atoms with E-state index in [1.807, 2.05) is 19.1 Å². The molecule has 0 saturated carbocycles. The van der Waals surface area contributed by atoms with Crippen LogP contribution in [0.25, 0.3) is 0 Å². The highest BCUT2D eigenvalue weighted by Gasteiger charge is 2.50. The van der Waals surface area contributed by atoms with Gasteiger partial charge in [0.05, 0.1) is 36.2 Å². The maximum atomic E-state index is 13.0. The van der Waals surface area contributed by atoms with Gasteiger partial charge in [-0.1, -0.05) is 30.7 Å². The number of hydrogen-bond acceptors (Lipinski definition) is 6. The van der Waals surface area contributed by atoms with E-state index in [-0.39, 0.29) is 54.2 Å². The minimum atomic E-state index is -0.667. The first-order valence-electron chi connectivity index (χ1n) is 11.8. The molecule has 0 bridgehead atoms. The summed E-state index contributed by atoms with van der Waals surface area (Å²) in [5.41, 5.74) is 0.946. The summed E-state index contributed by atoms with van der Waals surface area (Å²) in [6, 6.07) is 11.2. The summed E-state index contributed by atoms with van der Waals surface area (Å²) in [5.74, 6) is -1.78. The fraction of sp³-hybridized carbons (Fsp3) is 0.333. The van der Waals surface area contributed by atoms with Crippen molar-refractivity contribution in [2.24, 2.45) is 23.7 Å². The number of benzene rings is 2. The SMILES string of the molecule is COc1ccc(Cl)cc1N1C[C@H](C(=O)Oc2ccc(N3C(=O)[C@H]4[C@H](C)C=CC[C@H]4C3=O)cc2)CC1=O. The molecule has 9 heteroatoms. The molecule has 0 aromatic heterocycles. The first kappa shape index (κ1) is 24.1. The molecule has 0 radical (unpaired) electrons. The second-order valence-electron chi connectivity index (χ2n) is 9.30. The van der Waals surface area contributed by atoms with Crippen molar-refractivity contribution < 1.29 is 28.7 Å². The molecule has 0 unspecified atom stereocenters. The van der Waals surface area contributed by atoms with Crippen LogP contribution in [-0.2, 0) is 19.2 Å². The first-order valence-corrected chi connectivity index (χ1v) is 12.2. The molecule has 2 saturated heterocycles. The van der Waals surface area contributed by atoms with E-state index in [1.54, 1.807) is 42.5 Å². The van der Waals surface area contributed by atoms with E-state index in [0.717, 1.165) is 0 Å². The number of carbonyl (C=O) groups excluding carboxylic acids is 4. The number of amides is 3. The zero-order chi connectivity index (χ0) is 25.6. The summed E-state index contributed by atoms with van der Waals surface area (Å²) in [7, 11) is 1.50. The fourth-order valence-corrected chi connectivity index (χ4v) is 5.40. The number of carbonyl (C=O) groups is 4. The minimum absolute atomic E-state index is 0.00162. The molecule has 2 fully saturated rings. The molecule has 1 aliphatic carbocycles. The van der Waals surface area contributed by atoms with E-state index < -0.39 is 11.9 Å². The zero-order valence-corrected chi connectivity index (χ0v) is 20.6. The van der Waals surface area contributed by atoms with Crippen molar-refractivity contribution in [3.8, 4) is 11.5 Å². The molecule has 2 aromatic carbocycles. The Kier molecular flexibility index (Phi) is 6.30. The van der Waals surface area contributed by atoms with Crippen molar-refractivity contribution in [1.29, 1.82) is 0 Å². The van der Waals surface area contributed by atoms with Crippen LogP contribution in [0.2, 0.25) is 5.02 Å². The average Bonchev–Trinajstić information content (AvgIpc) is 3.37. The van der Waals surface area contributed by atoms with Crippen LogP contribution in [0.5, 0.6) is 11.5 Å². The summed E-state index contributed by atoms with van der Waals surface area (Å²) >= 11 is 6.09. The molecular weight excluding hydrogens is 484 g/mol. The van der Waals surface area contributed by atoms with Crippen LogP contribution >= 0.6 is 11.6 Å². The lowest BCUT2D eigenvalue weighted by atomic mass is 9.78. The third-order valence-corrected chi connectivity index (χ3v) is 7.31.